The third-order valence-electron chi connectivity index (χ3n) is 7.54. The topological polar surface area (TPSA) is 347 Å². The number of rotatable bonds is 23. The van der Waals surface area contributed by atoms with E-state index in [0.29, 0.717) is 6.54 Å². The van der Waals surface area contributed by atoms with E-state index < -0.39 is 78.6 Å². The minimum Gasteiger partial charge on any atom is -0.386 e. The average Bonchev–Trinajstić information content (AvgIpc) is 3.62. The van der Waals surface area contributed by atoms with E-state index in [-0.39, 0.29) is 35.9 Å². The second-order valence-electron chi connectivity index (χ2n) is 12.4. The summed E-state index contributed by atoms with van der Waals surface area (Å²) in [6.45, 7) is 3.06. The summed E-state index contributed by atoms with van der Waals surface area (Å²) in [5.41, 5.74) is 4.32. The summed E-state index contributed by atoms with van der Waals surface area (Å²) in [6.07, 6.45) is -3.30. The van der Waals surface area contributed by atoms with E-state index in [2.05, 4.69) is 41.3 Å². The van der Waals surface area contributed by atoms with Crippen LogP contribution < -0.4 is 16.4 Å². The van der Waals surface area contributed by atoms with Gasteiger partial charge in [-0.25, -0.2) is 28.6 Å². The van der Waals surface area contributed by atoms with Crippen LogP contribution in [0.15, 0.2) is 12.7 Å². The highest BCUT2D eigenvalue weighted by Gasteiger charge is 2.50. The highest BCUT2D eigenvalue weighted by Crippen LogP contribution is 2.61. The standard InChI is InChI=1S/C26H46N7O16P3S/c1-4-5-6-10-53-11-9-28-17(34)7-8-29-24(37)21(36)26(2,3)13-46-52(43,44)49-51(41,42)45-12-16-20(48-50(38,39)40)19(35)25(47-16)33-15-32-18-22(27)30-14-31-23(18)33/h14-16,19-21,25,35-36H,4-13H2,1-3H3,(H,28,34)(H,29,37)(H,41,42)(H,43,44)(H2,27,30,31)(H2,38,39,40)/t16-,19-,20-,21?,25-/m1/s1. The molecule has 1 fully saturated rings. The molecule has 2 aromatic rings. The average molecular weight is 838 g/mol. The first-order chi connectivity index (χ1) is 24.7. The minimum atomic E-state index is -5.54. The number of imidazole rings is 1. The number of nitrogens with one attached hydrogen (secondary N) is 2. The lowest BCUT2D eigenvalue weighted by molar-refractivity contribution is -0.137. The maximum Gasteiger partial charge on any atom is 0.481 e. The van der Waals surface area contributed by atoms with Gasteiger partial charge in [-0.2, -0.15) is 16.1 Å². The van der Waals surface area contributed by atoms with Crippen molar-refractivity contribution in [1.29, 1.82) is 0 Å². The molecule has 0 aliphatic carbocycles. The van der Waals surface area contributed by atoms with Crippen molar-refractivity contribution in [2.24, 2.45) is 5.41 Å². The van der Waals surface area contributed by atoms with Crippen molar-refractivity contribution in [3.05, 3.63) is 12.7 Å². The van der Waals surface area contributed by atoms with Crippen molar-refractivity contribution in [3.8, 4) is 0 Å². The molecule has 3 rings (SSSR count). The monoisotopic (exact) mass is 837 g/mol. The number of ether oxygens (including phenoxy) is 1. The van der Waals surface area contributed by atoms with Crippen LogP contribution in [-0.4, -0.2) is 123 Å². The van der Waals surface area contributed by atoms with Gasteiger partial charge in [0.2, 0.25) is 11.8 Å². The van der Waals surface area contributed by atoms with E-state index in [0.717, 1.165) is 48.0 Å². The number of carbonyl (C=O) groups is 2. The molecule has 302 valence electrons. The Bertz CT molecular complexity index is 1680. The first kappa shape index (κ1) is 45.3. The van der Waals surface area contributed by atoms with Crippen LogP contribution in [0.2, 0.25) is 0 Å². The molecule has 7 atom stereocenters. The number of aliphatic hydroxyl groups is 2. The quantitative estimate of drug-likeness (QED) is 0.0538. The highest BCUT2D eigenvalue weighted by atomic mass is 32.2. The molecule has 53 heavy (non-hydrogen) atoms. The fourth-order valence-electron chi connectivity index (χ4n) is 4.76. The van der Waals surface area contributed by atoms with Gasteiger partial charge >= 0.3 is 23.5 Å². The van der Waals surface area contributed by atoms with Gasteiger partial charge in [-0.1, -0.05) is 33.6 Å². The van der Waals surface area contributed by atoms with Crippen molar-refractivity contribution < 1.29 is 75.7 Å². The van der Waals surface area contributed by atoms with E-state index in [1.54, 1.807) is 11.8 Å². The van der Waals surface area contributed by atoms with Crippen LogP contribution >= 0.6 is 35.2 Å². The molecule has 10 N–H and O–H groups in total. The van der Waals surface area contributed by atoms with Crippen LogP contribution in [0.1, 0.15) is 52.7 Å². The van der Waals surface area contributed by atoms with Crippen LogP contribution in [0.5, 0.6) is 0 Å². The normalized spacial score (nSPS) is 22.3. The Labute approximate surface area is 308 Å². The molecule has 3 unspecified atom stereocenters. The van der Waals surface area contributed by atoms with Crippen molar-refractivity contribution in [1.82, 2.24) is 30.2 Å². The van der Waals surface area contributed by atoms with E-state index in [1.165, 1.54) is 13.8 Å². The van der Waals surface area contributed by atoms with E-state index >= 15 is 0 Å². The summed E-state index contributed by atoms with van der Waals surface area (Å²) in [4.78, 5) is 75.4. The number of thioether (sulfide) groups is 1. The second-order valence-corrected chi connectivity index (χ2v) is 17.8. The molecule has 2 amide bonds. The SMILES string of the molecule is CCCCCSCCNC(=O)CCNC(=O)C(O)C(C)(C)COP(=O)(O)OP(=O)(O)OC[C@H]1O[C@@H](n2cnc3c(N)ncnc32)[C@H](O)[C@@H]1OP(=O)(O)O. The number of amides is 2. The number of hydrogen-bond donors (Lipinski definition) is 9. The maximum absolute atomic E-state index is 12.7. The Hall–Kier alpha value is -2.11. The molecule has 3 heterocycles. The molecule has 0 radical (unpaired) electrons. The molecule has 1 aliphatic rings. The Morgan fingerprint density at radius 3 is 2.43 bits per heavy atom. The Kier molecular flexibility index (Phi) is 16.8. The Morgan fingerprint density at radius 2 is 1.75 bits per heavy atom. The molecule has 1 saturated heterocycles. The zero-order valence-corrected chi connectivity index (χ0v) is 32.5. The van der Waals surface area contributed by atoms with Gasteiger partial charge in [-0.3, -0.25) is 27.7 Å². The van der Waals surface area contributed by atoms with Crippen molar-refractivity contribution in [3.63, 3.8) is 0 Å². The lowest BCUT2D eigenvalue weighted by Crippen LogP contribution is -2.46. The molecule has 0 bridgehead atoms. The number of nitrogens with two attached hydrogens (primary N) is 1. The van der Waals surface area contributed by atoms with Crippen LogP contribution in [0.3, 0.4) is 0 Å². The zero-order valence-electron chi connectivity index (χ0n) is 29.0. The number of carbonyl (C=O) groups excluding carboxylic acids is 2. The highest BCUT2D eigenvalue weighted by molar-refractivity contribution is 7.99. The second kappa shape index (κ2) is 19.7. The summed E-state index contributed by atoms with van der Waals surface area (Å²) < 4.78 is 62.1. The van der Waals surface area contributed by atoms with Gasteiger partial charge < -0.3 is 50.9 Å². The summed E-state index contributed by atoms with van der Waals surface area (Å²) in [6, 6.07) is 0. The fraction of sp³-hybridized carbons (Fsp3) is 0.731. The maximum atomic E-state index is 12.7. The predicted molar refractivity (Wildman–Crippen MR) is 186 cm³/mol. The fourth-order valence-corrected chi connectivity index (χ4v) is 8.45. The van der Waals surface area contributed by atoms with E-state index in [4.69, 9.17) is 19.5 Å². The molecule has 27 heteroatoms. The molecule has 2 aromatic heterocycles. The van der Waals surface area contributed by atoms with Gasteiger partial charge in [0, 0.05) is 30.7 Å². The number of fused-ring (bicyclic) bond motifs is 1. The molecule has 23 nitrogen and oxygen atoms in total. The molecule has 0 aromatic carbocycles. The van der Waals surface area contributed by atoms with Gasteiger partial charge in [0.1, 0.15) is 36.3 Å². The van der Waals surface area contributed by atoms with Gasteiger partial charge in [0.15, 0.2) is 17.7 Å². The van der Waals surface area contributed by atoms with Crippen LogP contribution in [0, 0.1) is 5.41 Å². The number of hydrogen-bond acceptors (Lipinski definition) is 17. The van der Waals surface area contributed by atoms with Crippen molar-refractivity contribution >= 4 is 64.0 Å². The molecule has 0 spiro atoms. The number of unbranched alkanes of at least 4 members (excludes halogenated alkanes) is 2. The summed E-state index contributed by atoms with van der Waals surface area (Å²) >= 11 is 1.73. The number of anilines is 1. The largest absolute Gasteiger partial charge is 0.481 e. The summed E-state index contributed by atoms with van der Waals surface area (Å²) in [5, 5.41) is 26.5. The van der Waals surface area contributed by atoms with E-state index in [9.17, 15) is 53.1 Å². The van der Waals surface area contributed by atoms with Gasteiger partial charge in [0.25, 0.3) is 0 Å². The van der Waals surface area contributed by atoms with Crippen LogP contribution in [0.25, 0.3) is 11.2 Å². The summed E-state index contributed by atoms with van der Waals surface area (Å²) in [7, 11) is -16.3. The van der Waals surface area contributed by atoms with Crippen molar-refractivity contribution in [2.75, 3.05) is 43.5 Å². The van der Waals surface area contributed by atoms with Gasteiger partial charge in [-0.05, 0) is 12.2 Å². The number of aliphatic hydroxyl groups excluding tert-OH is 2. The summed E-state index contributed by atoms with van der Waals surface area (Å²) in [5.74, 6) is 0.486. The number of aromatic nitrogens is 4. The Morgan fingerprint density at radius 1 is 1.06 bits per heavy atom. The smallest absolute Gasteiger partial charge is 0.386 e. The van der Waals surface area contributed by atoms with Gasteiger partial charge in [0.05, 0.1) is 19.5 Å². The predicted octanol–water partition coefficient (Wildman–Crippen LogP) is 0.328. The zero-order chi connectivity index (χ0) is 39.6. The molecule has 1 aliphatic heterocycles. The first-order valence-corrected chi connectivity index (χ1v) is 21.8. The van der Waals surface area contributed by atoms with Crippen LogP contribution in [-0.2, 0) is 45.9 Å². The lowest BCUT2D eigenvalue weighted by atomic mass is 9.87. The van der Waals surface area contributed by atoms with Crippen LogP contribution in [0.4, 0.5) is 5.82 Å². The number of nitrogens with zero attached hydrogens (tertiary/aromatic N) is 4. The first-order valence-electron chi connectivity index (χ1n) is 16.1. The Balaban J connectivity index is 1.51. The molecule has 0 saturated carbocycles. The number of nitrogen functional groups attached to an aromatic ring is 1. The van der Waals surface area contributed by atoms with Crippen molar-refractivity contribution in [2.45, 2.75) is 77.1 Å². The molecular formula is C26H46N7O16P3S. The number of phosphoric ester groups is 3. The number of phosphoric acid groups is 3. The minimum absolute atomic E-state index is 0.0335. The third kappa shape index (κ3) is 14.2. The van der Waals surface area contributed by atoms with Gasteiger partial charge in [-0.15, -0.1) is 0 Å². The third-order valence-corrected chi connectivity index (χ3v) is 11.7. The molecular weight excluding hydrogens is 791 g/mol. The lowest BCUT2D eigenvalue weighted by Gasteiger charge is -2.30. The van der Waals surface area contributed by atoms with E-state index in [1.807, 2.05) is 0 Å².